The molecule has 0 aliphatic carbocycles. The number of halogens is 5. The molecule has 0 aliphatic heterocycles. The quantitative estimate of drug-likeness (QED) is 0.181. The molecular weight excluding hydrogens is 363 g/mol. The summed E-state index contributed by atoms with van der Waals surface area (Å²) >= 11 is 0. The molecule has 1 nitrogen and oxygen atoms in total. The van der Waals surface area contributed by atoms with Crippen LogP contribution in [-0.4, -0.2) is 5.78 Å². The van der Waals surface area contributed by atoms with E-state index in [0.29, 0.717) is 6.08 Å². The predicted octanol–water partition coefficient (Wildman–Crippen LogP) is 5.95. The van der Waals surface area contributed by atoms with Crippen LogP contribution in [0.2, 0.25) is 0 Å². The van der Waals surface area contributed by atoms with Crippen LogP contribution in [0.1, 0.15) is 15.9 Å². The van der Waals surface area contributed by atoms with Gasteiger partial charge in [-0.25, -0.2) is 22.0 Å². The lowest BCUT2D eigenvalue weighted by Gasteiger charge is -2.04. The normalized spacial score (nSPS) is 11.1. The highest BCUT2D eigenvalue weighted by Gasteiger charge is 2.24. The van der Waals surface area contributed by atoms with Crippen LogP contribution in [0.25, 0.3) is 17.2 Å². The highest BCUT2D eigenvalue weighted by atomic mass is 19.2. The smallest absolute Gasteiger partial charge is 0.200 e. The summed E-state index contributed by atoms with van der Waals surface area (Å²) in [7, 11) is 0. The van der Waals surface area contributed by atoms with Gasteiger partial charge in [0.15, 0.2) is 29.1 Å². The van der Waals surface area contributed by atoms with Gasteiger partial charge in [0, 0.05) is 5.56 Å². The van der Waals surface area contributed by atoms with Gasteiger partial charge in [-0.05, 0) is 23.3 Å². The molecule has 136 valence electrons. The maximum atomic E-state index is 13.6. The minimum atomic E-state index is -2.25. The van der Waals surface area contributed by atoms with Gasteiger partial charge >= 0.3 is 0 Å². The molecule has 0 saturated carbocycles. The van der Waals surface area contributed by atoms with E-state index in [1.807, 2.05) is 30.3 Å². The summed E-state index contributed by atoms with van der Waals surface area (Å²) in [6.45, 7) is 0. The van der Waals surface area contributed by atoms with E-state index in [1.165, 1.54) is 12.1 Å². The van der Waals surface area contributed by atoms with Crippen LogP contribution in [0, 0.1) is 29.1 Å². The third-order valence-corrected chi connectivity index (χ3v) is 3.92. The van der Waals surface area contributed by atoms with Gasteiger partial charge in [0.1, 0.15) is 0 Å². The van der Waals surface area contributed by atoms with Gasteiger partial charge in [0.25, 0.3) is 0 Å². The Morgan fingerprint density at radius 1 is 0.630 bits per heavy atom. The van der Waals surface area contributed by atoms with E-state index >= 15 is 0 Å². The lowest BCUT2D eigenvalue weighted by molar-refractivity contribution is 0.104. The zero-order valence-electron chi connectivity index (χ0n) is 13.6. The molecular formula is C21H11F5O. The molecule has 0 aliphatic rings. The van der Waals surface area contributed by atoms with Crippen LogP contribution in [0.4, 0.5) is 22.0 Å². The Kier molecular flexibility index (Phi) is 5.16. The fourth-order valence-electron chi connectivity index (χ4n) is 2.48. The molecule has 0 spiro atoms. The standard InChI is InChI=1S/C21H11F5O/c22-17-15(18(23)20(25)21(26)19(17)24)10-11-16(27)14-8-6-13(7-9-14)12-4-2-1-3-5-12/h1-11H/b11-10+. The Hall–Kier alpha value is -3.28. The fourth-order valence-corrected chi connectivity index (χ4v) is 2.48. The van der Waals surface area contributed by atoms with Crippen molar-refractivity contribution in [3.63, 3.8) is 0 Å². The van der Waals surface area contributed by atoms with Crippen LogP contribution >= 0.6 is 0 Å². The molecule has 0 N–H and O–H groups in total. The van der Waals surface area contributed by atoms with Gasteiger partial charge in [-0.2, -0.15) is 0 Å². The summed E-state index contributed by atoms with van der Waals surface area (Å²) in [6, 6.07) is 15.8. The first-order valence-electron chi connectivity index (χ1n) is 7.79. The molecule has 0 radical (unpaired) electrons. The third kappa shape index (κ3) is 3.65. The maximum absolute atomic E-state index is 13.6. The molecule has 3 aromatic rings. The summed E-state index contributed by atoms with van der Waals surface area (Å²) in [6.07, 6.45) is 1.33. The van der Waals surface area contributed by atoms with Crippen LogP contribution in [-0.2, 0) is 0 Å². The molecule has 3 rings (SSSR count). The lowest BCUT2D eigenvalue weighted by Crippen LogP contribution is -2.04. The van der Waals surface area contributed by atoms with Crippen molar-refractivity contribution < 1.29 is 26.7 Å². The minimum Gasteiger partial charge on any atom is -0.289 e. The number of carbonyl (C=O) groups is 1. The molecule has 0 bridgehead atoms. The minimum absolute atomic E-state index is 0.204. The third-order valence-electron chi connectivity index (χ3n) is 3.92. The Balaban J connectivity index is 1.86. The van der Waals surface area contributed by atoms with E-state index in [2.05, 4.69) is 0 Å². The van der Waals surface area contributed by atoms with Crippen molar-refractivity contribution in [2.45, 2.75) is 0 Å². The summed E-state index contributed by atoms with van der Waals surface area (Å²) in [5, 5.41) is 0. The molecule has 0 unspecified atom stereocenters. The van der Waals surface area contributed by atoms with Crippen molar-refractivity contribution in [1.82, 2.24) is 0 Å². The van der Waals surface area contributed by atoms with E-state index in [4.69, 9.17) is 0 Å². The largest absolute Gasteiger partial charge is 0.289 e. The Morgan fingerprint density at radius 2 is 1.11 bits per heavy atom. The average Bonchev–Trinajstić information content (AvgIpc) is 2.71. The molecule has 0 aromatic heterocycles. The van der Waals surface area contributed by atoms with Crippen LogP contribution in [0.15, 0.2) is 60.7 Å². The van der Waals surface area contributed by atoms with E-state index in [-0.39, 0.29) is 5.56 Å². The first kappa shape index (κ1) is 18.5. The highest BCUT2D eigenvalue weighted by molar-refractivity contribution is 6.07. The van der Waals surface area contributed by atoms with Crippen LogP contribution in [0.3, 0.4) is 0 Å². The van der Waals surface area contributed by atoms with Gasteiger partial charge < -0.3 is 0 Å². The molecule has 6 heteroatoms. The second kappa shape index (κ2) is 7.53. The van der Waals surface area contributed by atoms with Crippen molar-refractivity contribution in [2.24, 2.45) is 0 Å². The van der Waals surface area contributed by atoms with Gasteiger partial charge in [0.2, 0.25) is 5.82 Å². The predicted molar refractivity (Wildman–Crippen MR) is 91.5 cm³/mol. The lowest BCUT2D eigenvalue weighted by atomic mass is 10.0. The second-order valence-corrected chi connectivity index (χ2v) is 5.62. The van der Waals surface area contributed by atoms with E-state index in [9.17, 15) is 26.7 Å². The molecule has 0 saturated heterocycles. The number of ketones is 1. The SMILES string of the molecule is O=C(/C=C/c1c(F)c(F)c(F)c(F)c1F)c1ccc(-c2ccccc2)cc1. The fraction of sp³-hybridized carbons (Fsp3) is 0. The van der Waals surface area contributed by atoms with Gasteiger partial charge in [-0.3, -0.25) is 4.79 Å². The van der Waals surface area contributed by atoms with E-state index < -0.39 is 40.4 Å². The zero-order valence-corrected chi connectivity index (χ0v) is 13.6. The molecule has 27 heavy (non-hydrogen) atoms. The van der Waals surface area contributed by atoms with Crippen molar-refractivity contribution in [3.05, 3.63) is 101 Å². The molecule has 0 amide bonds. The van der Waals surface area contributed by atoms with Crippen molar-refractivity contribution in [1.29, 1.82) is 0 Å². The van der Waals surface area contributed by atoms with Gasteiger partial charge in [-0.15, -0.1) is 0 Å². The number of rotatable bonds is 4. The first-order chi connectivity index (χ1) is 12.9. The molecule has 0 atom stereocenters. The summed E-state index contributed by atoms with van der Waals surface area (Å²) < 4.78 is 66.6. The Bertz CT molecular complexity index is 996. The summed E-state index contributed by atoms with van der Waals surface area (Å²) in [5.41, 5.74) is 0.833. The van der Waals surface area contributed by atoms with Crippen molar-refractivity contribution >= 4 is 11.9 Å². The van der Waals surface area contributed by atoms with E-state index in [1.54, 1.807) is 12.1 Å². The number of hydrogen-bond donors (Lipinski definition) is 0. The molecule has 3 aromatic carbocycles. The van der Waals surface area contributed by atoms with Gasteiger partial charge in [0.05, 0.1) is 5.56 Å². The topological polar surface area (TPSA) is 17.1 Å². The summed E-state index contributed by atoms with van der Waals surface area (Å²) in [4.78, 5) is 12.1. The molecule has 0 fully saturated rings. The Morgan fingerprint density at radius 3 is 1.67 bits per heavy atom. The van der Waals surface area contributed by atoms with Gasteiger partial charge in [-0.1, -0.05) is 54.6 Å². The van der Waals surface area contributed by atoms with E-state index in [0.717, 1.165) is 17.2 Å². The zero-order chi connectivity index (χ0) is 19.6. The second-order valence-electron chi connectivity index (χ2n) is 5.62. The average molecular weight is 374 g/mol. The van der Waals surface area contributed by atoms with Crippen molar-refractivity contribution in [3.8, 4) is 11.1 Å². The highest BCUT2D eigenvalue weighted by Crippen LogP contribution is 2.24. The van der Waals surface area contributed by atoms with Crippen LogP contribution in [0.5, 0.6) is 0 Å². The monoisotopic (exact) mass is 374 g/mol. The van der Waals surface area contributed by atoms with Crippen LogP contribution < -0.4 is 0 Å². The molecule has 0 heterocycles. The number of allylic oxidation sites excluding steroid dienone is 1. The first-order valence-corrected chi connectivity index (χ1v) is 7.79. The number of hydrogen-bond acceptors (Lipinski definition) is 1. The number of carbonyl (C=O) groups excluding carboxylic acids is 1. The van der Waals surface area contributed by atoms with Crippen molar-refractivity contribution in [2.75, 3.05) is 0 Å². The Labute approximate surface area is 151 Å². The summed E-state index contributed by atoms with van der Waals surface area (Å²) in [5.74, 6) is -11.0. The number of benzene rings is 3. The maximum Gasteiger partial charge on any atom is 0.200 e.